The molecule has 0 bridgehead atoms. The van der Waals surface area contributed by atoms with Crippen LogP contribution in [0.25, 0.3) is 0 Å². The van der Waals surface area contributed by atoms with Gasteiger partial charge in [0.15, 0.2) is 0 Å². The third-order valence-corrected chi connectivity index (χ3v) is 8.58. The number of piperidine rings is 1. The fourth-order valence-electron chi connectivity index (χ4n) is 5.48. The van der Waals surface area contributed by atoms with Gasteiger partial charge in [-0.05, 0) is 73.6 Å². The summed E-state index contributed by atoms with van der Waals surface area (Å²) in [7, 11) is -3.74. The summed E-state index contributed by atoms with van der Waals surface area (Å²) in [4.78, 5) is 31.1. The van der Waals surface area contributed by atoms with Gasteiger partial charge in [-0.25, -0.2) is 13.6 Å². The molecule has 1 spiro atoms. The third-order valence-electron chi connectivity index (χ3n) is 7.65. The van der Waals surface area contributed by atoms with Crippen LogP contribution < -0.4 is 15.2 Å². The maximum atomic E-state index is 13.4. The van der Waals surface area contributed by atoms with Crippen LogP contribution in [0.15, 0.2) is 53.4 Å². The first-order chi connectivity index (χ1) is 18.5. The predicted octanol–water partition coefficient (Wildman–Crippen LogP) is 3.63. The largest absolute Gasteiger partial charge is 0.457 e. The molecule has 2 fully saturated rings. The Hall–Kier alpha value is -2.95. The lowest BCUT2D eigenvalue weighted by Crippen LogP contribution is -2.73. The Morgan fingerprint density at radius 1 is 1.03 bits per heavy atom. The summed E-state index contributed by atoms with van der Waals surface area (Å²) in [5.74, 6) is 1.55. The molecule has 212 valence electrons. The van der Waals surface area contributed by atoms with E-state index < -0.39 is 21.6 Å². The van der Waals surface area contributed by atoms with Gasteiger partial charge in [0.05, 0.1) is 4.90 Å². The van der Waals surface area contributed by atoms with Crippen molar-refractivity contribution in [1.82, 2.24) is 15.1 Å². The van der Waals surface area contributed by atoms with Crippen LogP contribution in [-0.4, -0.2) is 61.2 Å². The highest BCUT2D eigenvalue weighted by atomic mass is 32.2. The molecule has 0 radical (unpaired) electrons. The SMILES string of the molecule is CCCCN1C(=O)C(CC(C)C)NC(=O)C12CCN(Cc1ccc(Oc3ccc(S(N)(=O)=O)cc3)cc1)CC2. The van der Waals surface area contributed by atoms with Crippen LogP contribution in [0.4, 0.5) is 0 Å². The van der Waals surface area contributed by atoms with E-state index in [1.54, 1.807) is 12.1 Å². The van der Waals surface area contributed by atoms with Crippen molar-refractivity contribution in [1.29, 1.82) is 0 Å². The number of piperazine rings is 1. The van der Waals surface area contributed by atoms with Crippen LogP contribution in [0.2, 0.25) is 0 Å². The van der Waals surface area contributed by atoms with Gasteiger partial charge in [0.2, 0.25) is 21.8 Å². The van der Waals surface area contributed by atoms with Crippen LogP contribution in [-0.2, 0) is 26.2 Å². The molecule has 2 saturated heterocycles. The summed E-state index contributed by atoms with van der Waals surface area (Å²) in [6, 6.07) is 13.3. The second kappa shape index (κ2) is 12.1. The number of nitrogens with one attached hydrogen (secondary N) is 1. The summed E-state index contributed by atoms with van der Waals surface area (Å²) < 4.78 is 28.7. The van der Waals surface area contributed by atoms with Crippen LogP contribution in [0.3, 0.4) is 0 Å². The van der Waals surface area contributed by atoms with Gasteiger partial charge in [0, 0.05) is 26.2 Å². The number of rotatable bonds is 10. The number of primary sulfonamides is 1. The van der Waals surface area contributed by atoms with Gasteiger partial charge >= 0.3 is 0 Å². The number of unbranched alkanes of at least 4 members (excludes halogenated alkanes) is 1. The summed E-state index contributed by atoms with van der Waals surface area (Å²) in [5.41, 5.74) is 0.360. The number of benzene rings is 2. The van der Waals surface area contributed by atoms with Crippen molar-refractivity contribution in [2.75, 3.05) is 19.6 Å². The fraction of sp³-hybridized carbons (Fsp3) is 0.517. The number of ether oxygens (including phenoxy) is 1. The minimum atomic E-state index is -3.74. The van der Waals surface area contributed by atoms with Gasteiger partial charge in [-0.15, -0.1) is 0 Å². The lowest BCUT2D eigenvalue weighted by atomic mass is 9.80. The minimum absolute atomic E-state index is 0.00194. The van der Waals surface area contributed by atoms with Gasteiger partial charge < -0.3 is 15.0 Å². The molecule has 10 heteroatoms. The van der Waals surface area contributed by atoms with Crippen LogP contribution in [0, 0.1) is 5.92 Å². The van der Waals surface area contributed by atoms with E-state index in [4.69, 9.17) is 9.88 Å². The number of carbonyl (C=O) groups excluding carboxylic acids is 2. The second-order valence-corrected chi connectivity index (χ2v) is 12.6. The minimum Gasteiger partial charge on any atom is -0.457 e. The number of sulfonamides is 1. The van der Waals surface area contributed by atoms with Crippen molar-refractivity contribution >= 4 is 21.8 Å². The second-order valence-electron chi connectivity index (χ2n) is 11.1. The molecule has 9 nitrogen and oxygen atoms in total. The van der Waals surface area contributed by atoms with E-state index in [1.165, 1.54) is 12.1 Å². The molecule has 0 aliphatic carbocycles. The van der Waals surface area contributed by atoms with Crippen LogP contribution in [0.1, 0.15) is 58.4 Å². The average molecular weight is 557 g/mol. The van der Waals surface area contributed by atoms with E-state index in [0.29, 0.717) is 43.2 Å². The average Bonchev–Trinajstić information content (AvgIpc) is 2.89. The topological polar surface area (TPSA) is 122 Å². The van der Waals surface area contributed by atoms with Gasteiger partial charge in [0.25, 0.3) is 0 Å². The number of amides is 2. The number of hydrogen-bond donors (Lipinski definition) is 2. The highest BCUT2D eigenvalue weighted by Gasteiger charge is 2.53. The van der Waals surface area contributed by atoms with Gasteiger partial charge in [-0.1, -0.05) is 39.3 Å². The molecule has 2 aromatic carbocycles. The molecule has 39 heavy (non-hydrogen) atoms. The monoisotopic (exact) mass is 556 g/mol. The third kappa shape index (κ3) is 6.80. The number of carbonyl (C=O) groups is 2. The zero-order valence-electron chi connectivity index (χ0n) is 23.1. The van der Waals surface area contributed by atoms with Gasteiger partial charge in [0.1, 0.15) is 23.1 Å². The Balaban J connectivity index is 1.36. The Labute approximate surface area is 231 Å². The van der Waals surface area contributed by atoms with E-state index in [1.807, 2.05) is 29.2 Å². The first-order valence-corrected chi connectivity index (χ1v) is 15.3. The Morgan fingerprint density at radius 3 is 2.15 bits per heavy atom. The maximum absolute atomic E-state index is 13.4. The van der Waals surface area contributed by atoms with Crippen molar-refractivity contribution in [3.8, 4) is 11.5 Å². The van der Waals surface area contributed by atoms with Gasteiger partial charge in [-0.2, -0.15) is 0 Å². The lowest BCUT2D eigenvalue weighted by Gasteiger charge is -2.52. The first kappa shape index (κ1) is 29.0. The van der Waals surface area contributed by atoms with E-state index in [9.17, 15) is 18.0 Å². The highest BCUT2D eigenvalue weighted by molar-refractivity contribution is 7.89. The zero-order chi connectivity index (χ0) is 28.2. The summed E-state index contributed by atoms with van der Waals surface area (Å²) in [6.07, 6.45) is 3.78. The van der Waals surface area contributed by atoms with E-state index in [0.717, 1.165) is 38.0 Å². The smallest absolute Gasteiger partial charge is 0.246 e. The molecule has 2 aromatic rings. The quantitative estimate of drug-likeness (QED) is 0.461. The summed E-state index contributed by atoms with van der Waals surface area (Å²) >= 11 is 0. The molecule has 0 saturated carbocycles. The van der Waals surface area contributed by atoms with E-state index in [2.05, 4.69) is 31.0 Å². The zero-order valence-corrected chi connectivity index (χ0v) is 23.9. The van der Waals surface area contributed by atoms with Crippen molar-refractivity contribution in [3.05, 3.63) is 54.1 Å². The predicted molar refractivity (Wildman–Crippen MR) is 150 cm³/mol. The molecular weight excluding hydrogens is 516 g/mol. The molecular formula is C29H40N4O5S. The Bertz CT molecular complexity index is 1250. The molecule has 2 aliphatic heterocycles. The fourth-order valence-corrected chi connectivity index (χ4v) is 6.00. The summed E-state index contributed by atoms with van der Waals surface area (Å²) in [6.45, 7) is 9.08. The maximum Gasteiger partial charge on any atom is 0.246 e. The highest BCUT2D eigenvalue weighted by Crippen LogP contribution is 2.35. The molecule has 0 aromatic heterocycles. The van der Waals surface area contributed by atoms with Crippen molar-refractivity contribution in [2.45, 2.75) is 75.9 Å². The van der Waals surface area contributed by atoms with Gasteiger partial charge in [-0.3, -0.25) is 14.5 Å². The van der Waals surface area contributed by atoms with Crippen molar-refractivity contribution in [2.24, 2.45) is 11.1 Å². The molecule has 3 N–H and O–H groups in total. The number of likely N-dealkylation sites (tertiary alicyclic amines) is 1. The van der Waals surface area contributed by atoms with Crippen LogP contribution >= 0.6 is 0 Å². The van der Waals surface area contributed by atoms with Crippen molar-refractivity contribution < 1.29 is 22.7 Å². The molecule has 2 amide bonds. The van der Waals surface area contributed by atoms with Crippen molar-refractivity contribution in [3.63, 3.8) is 0 Å². The molecule has 4 rings (SSSR count). The Morgan fingerprint density at radius 2 is 1.62 bits per heavy atom. The van der Waals surface area contributed by atoms with Crippen LogP contribution in [0.5, 0.6) is 11.5 Å². The molecule has 1 unspecified atom stereocenters. The first-order valence-electron chi connectivity index (χ1n) is 13.8. The number of nitrogens with zero attached hydrogens (tertiary/aromatic N) is 2. The standard InChI is InChI=1S/C29H40N4O5S/c1-4-5-16-33-27(34)26(19-21(2)3)31-28(35)29(33)14-17-32(18-15-29)20-22-6-8-23(9-7-22)38-24-10-12-25(13-11-24)39(30,36)37/h6-13,21,26H,4-5,14-20H2,1-3H3,(H,31,35)(H2,30,36,37). The molecule has 2 aliphatic rings. The molecule has 1 atom stereocenters. The molecule has 2 heterocycles. The Kier molecular flexibility index (Phi) is 8.98. The summed E-state index contributed by atoms with van der Waals surface area (Å²) in [5, 5.41) is 8.21. The lowest BCUT2D eigenvalue weighted by molar-refractivity contribution is -0.161. The van der Waals surface area contributed by atoms with E-state index in [-0.39, 0.29) is 16.7 Å². The number of nitrogens with two attached hydrogens (primary N) is 1. The normalized spacial score (nSPS) is 19.9. The number of hydrogen-bond acceptors (Lipinski definition) is 6. The van der Waals surface area contributed by atoms with E-state index >= 15 is 0 Å².